The molecule has 0 aromatic heterocycles. The zero-order chi connectivity index (χ0) is 6.41. The van der Waals surface area contributed by atoms with Crippen molar-refractivity contribution in [3.63, 3.8) is 0 Å². The SMILES string of the molecule is C=C(I)NCCCO. The topological polar surface area (TPSA) is 32.3 Å². The van der Waals surface area contributed by atoms with Gasteiger partial charge in [0.05, 0.1) is 3.70 Å². The molecule has 0 amide bonds. The first-order chi connectivity index (χ1) is 3.77. The standard InChI is InChI=1S/C5H10INO/c1-5(6)7-3-2-4-8/h7-8H,1-4H2. The minimum absolute atomic E-state index is 0.247. The third kappa shape index (κ3) is 6.23. The lowest BCUT2D eigenvalue weighted by Crippen LogP contribution is -2.10. The summed E-state index contributed by atoms with van der Waals surface area (Å²) in [4.78, 5) is 0. The van der Waals surface area contributed by atoms with E-state index < -0.39 is 0 Å². The van der Waals surface area contributed by atoms with Crippen LogP contribution < -0.4 is 5.32 Å². The van der Waals surface area contributed by atoms with Gasteiger partial charge in [0, 0.05) is 13.2 Å². The van der Waals surface area contributed by atoms with Crippen LogP contribution in [0.1, 0.15) is 6.42 Å². The average Bonchev–Trinajstić information content (AvgIpc) is 1.66. The Morgan fingerprint density at radius 3 is 2.75 bits per heavy atom. The second-order valence-corrected chi connectivity index (χ2v) is 2.71. The molecular weight excluding hydrogens is 217 g/mol. The monoisotopic (exact) mass is 227 g/mol. The highest BCUT2D eigenvalue weighted by Crippen LogP contribution is 1.93. The Morgan fingerprint density at radius 2 is 2.38 bits per heavy atom. The van der Waals surface area contributed by atoms with Crippen molar-refractivity contribution in [2.24, 2.45) is 0 Å². The first-order valence-corrected chi connectivity index (χ1v) is 3.54. The Kier molecular flexibility index (Phi) is 5.52. The molecule has 2 N–H and O–H groups in total. The predicted molar refractivity (Wildman–Crippen MR) is 42.9 cm³/mol. The van der Waals surface area contributed by atoms with E-state index >= 15 is 0 Å². The minimum Gasteiger partial charge on any atom is -0.396 e. The van der Waals surface area contributed by atoms with Crippen molar-refractivity contribution in [3.8, 4) is 0 Å². The molecule has 0 radical (unpaired) electrons. The average molecular weight is 227 g/mol. The predicted octanol–water partition coefficient (Wildman–Crippen LogP) is 0.865. The number of aliphatic hydroxyl groups excluding tert-OH is 1. The summed E-state index contributed by atoms with van der Waals surface area (Å²) in [5.74, 6) is 0. The van der Waals surface area contributed by atoms with Crippen molar-refractivity contribution in [3.05, 3.63) is 10.3 Å². The quantitative estimate of drug-likeness (QED) is 0.424. The lowest BCUT2D eigenvalue weighted by atomic mass is 10.5. The summed E-state index contributed by atoms with van der Waals surface area (Å²) in [6.45, 7) is 4.69. The lowest BCUT2D eigenvalue weighted by Gasteiger charge is -1.99. The Bertz CT molecular complexity index is 74.8. The molecule has 0 saturated heterocycles. The van der Waals surface area contributed by atoms with Crippen LogP contribution in [-0.2, 0) is 0 Å². The second-order valence-electron chi connectivity index (χ2n) is 1.41. The van der Waals surface area contributed by atoms with Crippen LogP contribution in [0.3, 0.4) is 0 Å². The van der Waals surface area contributed by atoms with Gasteiger partial charge in [-0.25, -0.2) is 0 Å². The summed E-state index contributed by atoms with van der Waals surface area (Å²) in [7, 11) is 0. The van der Waals surface area contributed by atoms with E-state index in [4.69, 9.17) is 5.11 Å². The van der Waals surface area contributed by atoms with Crippen LogP contribution in [0.2, 0.25) is 0 Å². The molecule has 48 valence electrons. The van der Waals surface area contributed by atoms with Crippen molar-refractivity contribution >= 4 is 22.6 Å². The van der Waals surface area contributed by atoms with Crippen molar-refractivity contribution in [1.82, 2.24) is 5.32 Å². The van der Waals surface area contributed by atoms with E-state index in [1.165, 1.54) is 0 Å². The van der Waals surface area contributed by atoms with E-state index in [0.29, 0.717) is 0 Å². The van der Waals surface area contributed by atoms with E-state index in [0.717, 1.165) is 16.7 Å². The maximum atomic E-state index is 8.31. The number of nitrogens with one attached hydrogen (secondary N) is 1. The summed E-state index contributed by atoms with van der Waals surface area (Å²) in [6.07, 6.45) is 0.794. The van der Waals surface area contributed by atoms with Crippen LogP contribution in [-0.4, -0.2) is 18.3 Å². The zero-order valence-corrected chi connectivity index (χ0v) is 6.81. The van der Waals surface area contributed by atoms with E-state index in [-0.39, 0.29) is 6.61 Å². The van der Waals surface area contributed by atoms with Crippen LogP contribution in [0.25, 0.3) is 0 Å². The van der Waals surface area contributed by atoms with E-state index in [1.807, 2.05) is 0 Å². The maximum Gasteiger partial charge on any atom is 0.0658 e. The largest absolute Gasteiger partial charge is 0.396 e. The van der Waals surface area contributed by atoms with Crippen LogP contribution >= 0.6 is 22.6 Å². The van der Waals surface area contributed by atoms with Gasteiger partial charge < -0.3 is 10.4 Å². The van der Waals surface area contributed by atoms with Gasteiger partial charge >= 0.3 is 0 Å². The minimum atomic E-state index is 0.247. The molecule has 0 spiro atoms. The summed E-state index contributed by atoms with van der Waals surface area (Å²) in [6, 6.07) is 0. The number of aliphatic hydroxyl groups is 1. The van der Waals surface area contributed by atoms with Crippen molar-refractivity contribution in [1.29, 1.82) is 0 Å². The third-order valence-electron chi connectivity index (χ3n) is 0.652. The van der Waals surface area contributed by atoms with E-state index in [1.54, 1.807) is 0 Å². The summed E-state index contributed by atoms with van der Waals surface area (Å²) in [5.41, 5.74) is 0. The first-order valence-electron chi connectivity index (χ1n) is 2.46. The van der Waals surface area contributed by atoms with Gasteiger partial charge in [0.15, 0.2) is 0 Å². The molecule has 0 heterocycles. The second kappa shape index (κ2) is 5.37. The van der Waals surface area contributed by atoms with E-state index in [2.05, 4.69) is 34.5 Å². The molecule has 2 nitrogen and oxygen atoms in total. The molecule has 0 atom stereocenters. The highest BCUT2D eigenvalue weighted by Gasteiger charge is 1.82. The molecule has 0 aliphatic heterocycles. The van der Waals surface area contributed by atoms with Gasteiger partial charge in [-0.05, 0) is 29.0 Å². The van der Waals surface area contributed by atoms with Gasteiger partial charge in [0.2, 0.25) is 0 Å². The third-order valence-corrected chi connectivity index (χ3v) is 1.03. The van der Waals surface area contributed by atoms with Gasteiger partial charge in [-0.1, -0.05) is 6.58 Å². The van der Waals surface area contributed by atoms with E-state index in [9.17, 15) is 0 Å². The first kappa shape index (κ1) is 8.23. The molecule has 0 saturated carbocycles. The Balaban J connectivity index is 2.82. The Morgan fingerprint density at radius 1 is 1.75 bits per heavy atom. The smallest absolute Gasteiger partial charge is 0.0658 e. The fraction of sp³-hybridized carbons (Fsp3) is 0.600. The van der Waals surface area contributed by atoms with Gasteiger partial charge in [-0.2, -0.15) is 0 Å². The molecule has 3 heteroatoms. The van der Waals surface area contributed by atoms with Gasteiger partial charge in [0.1, 0.15) is 0 Å². The summed E-state index contributed by atoms with van der Waals surface area (Å²) >= 11 is 2.09. The molecule has 8 heavy (non-hydrogen) atoms. The molecule has 0 bridgehead atoms. The lowest BCUT2D eigenvalue weighted by molar-refractivity contribution is 0.288. The zero-order valence-electron chi connectivity index (χ0n) is 4.65. The number of hydrogen-bond donors (Lipinski definition) is 2. The molecule has 0 aliphatic rings. The molecular formula is C5H10INO. The molecule has 0 aliphatic carbocycles. The fourth-order valence-electron chi connectivity index (χ4n) is 0.303. The molecule has 0 aromatic rings. The Hall–Kier alpha value is 0.230. The fourth-order valence-corrected chi connectivity index (χ4v) is 0.573. The summed E-state index contributed by atoms with van der Waals surface area (Å²) in [5, 5.41) is 11.3. The van der Waals surface area contributed by atoms with Crippen molar-refractivity contribution < 1.29 is 5.11 Å². The van der Waals surface area contributed by atoms with Crippen molar-refractivity contribution in [2.45, 2.75) is 6.42 Å². The molecule has 0 aromatic carbocycles. The van der Waals surface area contributed by atoms with Crippen molar-refractivity contribution in [2.75, 3.05) is 13.2 Å². The molecule has 0 rings (SSSR count). The van der Waals surface area contributed by atoms with Crippen LogP contribution in [0.4, 0.5) is 0 Å². The van der Waals surface area contributed by atoms with Gasteiger partial charge in [-0.3, -0.25) is 0 Å². The maximum absolute atomic E-state index is 8.31. The number of halogens is 1. The molecule has 0 unspecified atom stereocenters. The van der Waals surface area contributed by atoms with Gasteiger partial charge in [-0.15, -0.1) is 0 Å². The molecule has 0 fully saturated rings. The van der Waals surface area contributed by atoms with Crippen LogP contribution in [0.15, 0.2) is 10.3 Å². The summed E-state index contributed by atoms with van der Waals surface area (Å²) < 4.78 is 0.927. The number of rotatable bonds is 4. The highest BCUT2D eigenvalue weighted by atomic mass is 127. The number of hydrogen-bond acceptors (Lipinski definition) is 2. The highest BCUT2D eigenvalue weighted by molar-refractivity contribution is 14.1. The van der Waals surface area contributed by atoms with Gasteiger partial charge in [0.25, 0.3) is 0 Å². The van der Waals surface area contributed by atoms with Crippen LogP contribution in [0.5, 0.6) is 0 Å². The Labute approximate surface area is 63.1 Å². The normalized spacial score (nSPS) is 8.75. The van der Waals surface area contributed by atoms with Crippen LogP contribution in [0, 0.1) is 0 Å².